The van der Waals surface area contributed by atoms with Crippen molar-refractivity contribution in [2.24, 2.45) is 5.92 Å². The minimum absolute atomic E-state index is 0.496. The topological polar surface area (TPSA) is 29.5 Å². The fourth-order valence-corrected chi connectivity index (χ4v) is 1.86. The summed E-state index contributed by atoms with van der Waals surface area (Å²) in [6, 6.07) is 7.23. The van der Waals surface area contributed by atoms with Crippen LogP contribution in [-0.4, -0.2) is 37.4 Å². The van der Waals surface area contributed by atoms with Gasteiger partial charge in [0.15, 0.2) is 0 Å². The summed E-state index contributed by atoms with van der Waals surface area (Å²) >= 11 is 0. The molecule has 0 saturated carbocycles. The number of carbonyl (C=O) groups excluding carboxylic acids is 1. The van der Waals surface area contributed by atoms with Crippen LogP contribution in [0.5, 0.6) is 5.75 Å². The van der Waals surface area contributed by atoms with E-state index in [1.807, 2.05) is 12.1 Å². The number of rotatable bonds is 8. The van der Waals surface area contributed by atoms with E-state index in [0.717, 1.165) is 31.7 Å². The first kappa shape index (κ1) is 14.7. The number of nitrogens with zero attached hydrogens (tertiary/aromatic N) is 1. The third-order valence-corrected chi connectivity index (χ3v) is 3.01. The first-order chi connectivity index (χ1) is 8.69. The summed E-state index contributed by atoms with van der Waals surface area (Å²) in [5.41, 5.74) is 0.679. The summed E-state index contributed by atoms with van der Waals surface area (Å²) in [4.78, 5) is 12.9. The van der Waals surface area contributed by atoms with Crippen molar-refractivity contribution in [2.45, 2.75) is 20.8 Å². The summed E-state index contributed by atoms with van der Waals surface area (Å²) in [6.45, 7) is 10.5. The smallest absolute Gasteiger partial charge is 0.150 e. The summed E-state index contributed by atoms with van der Waals surface area (Å²) < 4.78 is 5.71. The number of hydrogen-bond acceptors (Lipinski definition) is 3. The second-order valence-corrected chi connectivity index (χ2v) is 4.59. The average molecular weight is 249 g/mol. The van der Waals surface area contributed by atoms with Gasteiger partial charge in [0.05, 0.1) is 6.61 Å². The van der Waals surface area contributed by atoms with Crippen LogP contribution in [0.2, 0.25) is 0 Å². The molecular weight excluding hydrogens is 226 g/mol. The Morgan fingerprint density at radius 1 is 1.22 bits per heavy atom. The van der Waals surface area contributed by atoms with Gasteiger partial charge in [-0.05, 0) is 37.4 Å². The zero-order valence-electron chi connectivity index (χ0n) is 11.6. The monoisotopic (exact) mass is 249 g/mol. The molecule has 0 bridgehead atoms. The Morgan fingerprint density at radius 2 is 1.83 bits per heavy atom. The maximum atomic E-state index is 10.5. The molecule has 0 heterocycles. The molecule has 0 radical (unpaired) electrons. The number of benzene rings is 1. The predicted octanol–water partition coefficient (Wildman–Crippen LogP) is 2.86. The molecule has 0 aliphatic carbocycles. The molecule has 0 spiro atoms. The molecule has 100 valence electrons. The van der Waals surface area contributed by atoms with Crippen LogP contribution >= 0.6 is 0 Å². The van der Waals surface area contributed by atoms with Gasteiger partial charge in [-0.3, -0.25) is 4.79 Å². The van der Waals surface area contributed by atoms with Crippen molar-refractivity contribution in [3.8, 4) is 5.75 Å². The molecule has 0 N–H and O–H groups in total. The number of aldehydes is 1. The second-order valence-electron chi connectivity index (χ2n) is 4.59. The van der Waals surface area contributed by atoms with Crippen LogP contribution in [0.3, 0.4) is 0 Å². The van der Waals surface area contributed by atoms with Crippen molar-refractivity contribution < 1.29 is 9.53 Å². The van der Waals surface area contributed by atoms with Crippen LogP contribution in [0.4, 0.5) is 0 Å². The van der Waals surface area contributed by atoms with E-state index in [9.17, 15) is 4.79 Å². The van der Waals surface area contributed by atoms with E-state index < -0.39 is 0 Å². The van der Waals surface area contributed by atoms with Crippen molar-refractivity contribution in [3.63, 3.8) is 0 Å². The first-order valence-corrected chi connectivity index (χ1v) is 6.60. The Hall–Kier alpha value is -1.35. The molecule has 1 rings (SSSR count). The molecule has 0 amide bonds. The van der Waals surface area contributed by atoms with Crippen molar-refractivity contribution in [3.05, 3.63) is 29.8 Å². The van der Waals surface area contributed by atoms with Gasteiger partial charge in [-0.1, -0.05) is 20.8 Å². The largest absolute Gasteiger partial charge is 0.493 e. The van der Waals surface area contributed by atoms with Crippen LogP contribution in [0.15, 0.2) is 24.3 Å². The Bertz CT molecular complexity index is 344. The van der Waals surface area contributed by atoms with E-state index in [1.165, 1.54) is 0 Å². The van der Waals surface area contributed by atoms with Gasteiger partial charge >= 0.3 is 0 Å². The minimum atomic E-state index is 0.496. The van der Waals surface area contributed by atoms with Crippen molar-refractivity contribution in [1.82, 2.24) is 4.90 Å². The molecule has 0 saturated heterocycles. The van der Waals surface area contributed by atoms with Gasteiger partial charge in [-0.25, -0.2) is 0 Å². The van der Waals surface area contributed by atoms with Crippen molar-refractivity contribution in [1.29, 1.82) is 0 Å². The lowest BCUT2D eigenvalue weighted by molar-refractivity contribution is 0.112. The summed E-state index contributed by atoms with van der Waals surface area (Å²) in [7, 11) is 0. The van der Waals surface area contributed by atoms with Gasteiger partial charge < -0.3 is 9.64 Å². The van der Waals surface area contributed by atoms with Gasteiger partial charge in [-0.2, -0.15) is 0 Å². The highest BCUT2D eigenvalue weighted by Gasteiger charge is 2.07. The molecule has 0 aliphatic heterocycles. The number of carbonyl (C=O) groups is 1. The molecule has 1 unspecified atom stereocenters. The SMILES string of the molecule is CCN(CC)CC(C)COc1ccc(C=O)cc1. The molecule has 0 aromatic heterocycles. The van der Waals surface area contributed by atoms with Gasteiger partial charge in [0.25, 0.3) is 0 Å². The third kappa shape index (κ3) is 4.88. The zero-order chi connectivity index (χ0) is 13.4. The van der Waals surface area contributed by atoms with Gasteiger partial charge in [0, 0.05) is 18.0 Å². The van der Waals surface area contributed by atoms with Gasteiger partial charge in [0.2, 0.25) is 0 Å². The molecule has 18 heavy (non-hydrogen) atoms. The second kappa shape index (κ2) is 7.88. The zero-order valence-corrected chi connectivity index (χ0v) is 11.6. The van der Waals surface area contributed by atoms with E-state index in [0.29, 0.717) is 18.1 Å². The van der Waals surface area contributed by atoms with Crippen molar-refractivity contribution >= 4 is 6.29 Å². The molecule has 3 heteroatoms. The summed E-state index contributed by atoms with van der Waals surface area (Å²) in [5, 5.41) is 0. The lowest BCUT2D eigenvalue weighted by atomic mass is 10.2. The van der Waals surface area contributed by atoms with Gasteiger partial charge in [-0.15, -0.1) is 0 Å². The Balaban J connectivity index is 2.36. The molecule has 1 atom stereocenters. The Morgan fingerprint density at radius 3 is 2.33 bits per heavy atom. The highest BCUT2D eigenvalue weighted by atomic mass is 16.5. The Kier molecular flexibility index (Phi) is 6.44. The molecule has 0 fully saturated rings. The fourth-order valence-electron chi connectivity index (χ4n) is 1.86. The van der Waals surface area contributed by atoms with Crippen LogP contribution in [0.25, 0.3) is 0 Å². The van der Waals surface area contributed by atoms with Crippen molar-refractivity contribution in [2.75, 3.05) is 26.2 Å². The van der Waals surface area contributed by atoms with Crippen LogP contribution in [0, 0.1) is 5.92 Å². The number of hydrogen-bond donors (Lipinski definition) is 0. The van der Waals surface area contributed by atoms with E-state index >= 15 is 0 Å². The lowest BCUT2D eigenvalue weighted by Crippen LogP contribution is -2.30. The fraction of sp³-hybridized carbons (Fsp3) is 0.533. The standard InChI is InChI=1S/C15H23NO2/c1-4-16(5-2)10-13(3)12-18-15-8-6-14(11-17)7-9-15/h6-9,11,13H,4-5,10,12H2,1-3H3. The maximum absolute atomic E-state index is 10.5. The molecular formula is C15H23NO2. The molecule has 1 aromatic rings. The summed E-state index contributed by atoms with van der Waals surface area (Å²) in [6.07, 6.45) is 0.840. The van der Waals surface area contributed by atoms with Crippen LogP contribution < -0.4 is 4.74 Å². The Labute approximate surface area is 110 Å². The molecule has 0 aliphatic rings. The van der Waals surface area contributed by atoms with E-state index in [4.69, 9.17) is 4.74 Å². The summed E-state index contributed by atoms with van der Waals surface area (Å²) in [5.74, 6) is 1.32. The average Bonchev–Trinajstić information content (AvgIpc) is 2.43. The van der Waals surface area contributed by atoms with Gasteiger partial charge in [0.1, 0.15) is 12.0 Å². The third-order valence-electron chi connectivity index (χ3n) is 3.01. The normalized spacial score (nSPS) is 12.4. The minimum Gasteiger partial charge on any atom is -0.493 e. The van der Waals surface area contributed by atoms with E-state index in [1.54, 1.807) is 12.1 Å². The highest BCUT2D eigenvalue weighted by Crippen LogP contribution is 2.12. The first-order valence-electron chi connectivity index (χ1n) is 6.60. The lowest BCUT2D eigenvalue weighted by Gasteiger charge is -2.22. The maximum Gasteiger partial charge on any atom is 0.150 e. The van der Waals surface area contributed by atoms with Crippen LogP contribution in [0.1, 0.15) is 31.1 Å². The molecule has 1 aromatic carbocycles. The molecule has 3 nitrogen and oxygen atoms in total. The highest BCUT2D eigenvalue weighted by molar-refractivity contribution is 5.74. The van der Waals surface area contributed by atoms with Crippen LogP contribution in [-0.2, 0) is 0 Å². The quantitative estimate of drug-likeness (QED) is 0.663. The van der Waals surface area contributed by atoms with E-state index in [-0.39, 0.29) is 0 Å². The number of ether oxygens (including phenoxy) is 1. The predicted molar refractivity (Wildman–Crippen MR) is 74.3 cm³/mol. The van der Waals surface area contributed by atoms with E-state index in [2.05, 4.69) is 25.7 Å².